The number of rotatable bonds is 3. The molecule has 0 N–H and O–H groups in total. The van der Waals surface area contributed by atoms with E-state index < -0.39 is 0 Å². The summed E-state index contributed by atoms with van der Waals surface area (Å²) in [6, 6.07) is 22.6. The third kappa shape index (κ3) is 3.01. The second-order valence-electron chi connectivity index (χ2n) is 4.45. The van der Waals surface area contributed by atoms with Crippen molar-refractivity contribution in [1.29, 1.82) is 0 Å². The molecule has 0 amide bonds. The molecule has 0 radical (unpaired) electrons. The highest BCUT2D eigenvalue weighted by atomic mass is 35.5. The molecule has 0 saturated carbocycles. The van der Waals surface area contributed by atoms with Crippen molar-refractivity contribution in [1.82, 2.24) is 0 Å². The van der Waals surface area contributed by atoms with Crippen LogP contribution in [-0.2, 0) is 0 Å². The lowest BCUT2D eigenvalue weighted by Gasteiger charge is -2.06. The van der Waals surface area contributed by atoms with Gasteiger partial charge in [-0.1, -0.05) is 60.1 Å². The van der Waals surface area contributed by atoms with E-state index in [0.717, 1.165) is 10.6 Å². The lowest BCUT2D eigenvalue weighted by molar-refractivity contribution is 1.60. The molecule has 0 aliphatic heterocycles. The number of hydrogen-bond donors (Lipinski definition) is 0. The molecule has 0 spiro atoms. The summed E-state index contributed by atoms with van der Waals surface area (Å²) in [5.74, 6) is 0. The Labute approximate surface area is 128 Å². The summed E-state index contributed by atoms with van der Waals surface area (Å²) in [5, 5.41) is 2.87. The maximum atomic E-state index is 5.95. The monoisotopic (exact) mass is 296 g/mol. The maximum Gasteiger partial charge on any atom is 0.0406 e. The molecule has 20 heavy (non-hydrogen) atoms. The molecule has 2 heteroatoms. The number of halogens is 1. The Morgan fingerprint density at radius 3 is 2.25 bits per heavy atom. The zero-order valence-electron chi connectivity index (χ0n) is 10.8. The van der Waals surface area contributed by atoms with Crippen molar-refractivity contribution in [2.45, 2.75) is 0 Å². The molecule has 0 unspecified atom stereocenters. The first-order chi connectivity index (χ1) is 9.83. The van der Waals surface area contributed by atoms with Crippen molar-refractivity contribution in [2.24, 2.45) is 0 Å². The van der Waals surface area contributed by atoms with Crippen LogP contribution < -0.4 is 0 Å². The summed E-state index contributed by atoms with van der Waals surface area (Å²) >= 11 is 7.70. The SMILES string of the molecule is Clc1ccc(/C=C(\c2ccccc2)c2cccs2)cc1. The van der Waals surface area contributed by atoms with Crippen LogP contribution in [0.5, 0.6) is 0 Å². The van der Waals surface area contributed by atoms with E-state index in [1.54, 1.807) is 11.3 Å². The standard InChI is InChI=1S/C18H13ClS/c19-16-10-8-14(9-11-16)13-17(18-7-4-12-20-18)15-5-2-1-3-6-15/h1-13H/b17-13+. The van der Waals surface area contributed by atoms with E-state index in [1.165, 1.54) is 16.0 Å². The van der Waals surface area contributed by atoms with Gasteiger partial charge >= 0.3 is 0 Å². The van der Waals surface area contributed by atoms with Gasteiger partial charge < -0.3 is 0 Å². The van der Waals surface area contributed by atoms with Gasteiger partial charge in [0, 0.05) is 9.90 Å². The van der Waals surface area contributed by atoms with Crippen LogP contribution >= 0.6 is 22.9 Å². The fraction of sp³-hybridized carbons (Fsp3) is 0. The molecule has 0 bridgehead atoms. The second-order valence-corrected chi connectivity index (χ2v) is 5.84. The zero-order chi connectivity index (χ0) is 13.8. The van der Waals surface area contributed by atoms with Gasteiger partial charge in [0.05, 0.1) is 0 Å². The van der Waals surface area contributed by atoms with Crippen LogP contribution in [0.4, 0.5) is 0 Å². The molecule has 3 rings (SSSR count). The zero-order valence-corrected chi connectivity index (χ0v) is 12.4. The van der Waals surface area contributed by atoms with E-state index in [0.29, 0.717) is 0 Å². The fourth-order valence-corrected chi connectivity index (χ4v) is 2.96. The van der Waals surface area contributed by atoms with Crippen LogP contribution in [0.25, 0.3) is 11.6 Å². The Kier molecular flexibility index (Phi) is 4.00. The predicted octanol–water partition coefficient (Wildman–Crippen LogP) is 5.99. The maximum absolute atomic E-state index is 5.95. The Bertz CT molecular complexity index is 695. The summed E-state index contributed by atoms with van der Waals surface area (Å²) < 4.78 is 0. The lowest BCUT2D eigenvalue weighted by atomic mass is 10.0. The van der Waals surface area contributed by atoms with Gasteiger partial charge in [-0.3, -0.25) is 0 Å². The minimum atomic E-state index is 0.763. The van der Waals surface area contributed by atoms with Crippen LogP contribution in [0.3, 0.4) is 0 Å². The molecule has 0 aliphatic rings. The number of thiophene rings is 1. The van der Waals surface area contributed by atoms with E-state index in [4.69, 9.17) is 11.6 Å². The Morgan fingerprint density at radius 2 is 1.60 bits per heavy atom. The normalized spacial score (nSPS) is 11.6. The Morgan fingerprint density at radius 1 is 0.850 bits per heavy atom. The Hall–Kier alpha value is -1.83. The Balaban J connectivity index is 2.08. The first-order valence-electron chi connectivity index (χ1n) is 6.39. The number of benzene rings is 2. The van der Waals surface area contributed by atoms with Crippen molar-refractivity contribution in [3.8, 4) is 0 Å². The lowest BCUT2D eigenvalue weighted by Crippen LogP contribution is -1.84. The van der Waals surface area contributed by atoms with E-state index >= 15 is 0 Å². The van der Waals surface area contributed by atoms with Gasteiger partial charge in [-0.25, -0.2) is 0 Å². The third-order valence-corrected chi connectivity index (χ3v) is 4.21. The largest absolute Gasteiger partial charge is 0.144 e. The van der Waals surface area contributed by atoms with Gasteiger partial charge in [0.15, 0.2) is 0 Å². The predicted molar refractivity (Wildman–Crippen MR) is 89.2 cm³/mol. The van der Waals surface area contributed by atoms with Gasteiger partial charge in [0.1, 0.15) is 0 Å². The van der Waals surface area contributed by atoms with Crippen molar-refractivity contribution in [3.05, 3.63) is 93.1 Å². The average Bonchev–Trinajstić information content (AvgIpc) is 3.01. The highest BCUT2D eigenvalue weighted by molar-refractivity contribution is 7.11. The molecule has 1 aromatic heterocycles. The summed E-state index contributed by atoms with van der Waals surface area (Å²) in [6.45, 7) is 0. The fourth-order valence-electron chi connectivity index (χ4n) is 2.07. The minimum absolute atomic E-state index is 0.763. The molecule has 2 aromatic carbocycles. The topological polar surface area (TPSA) is 0 Å². The molecule has 3 aromatic rings. The van der Waals surface area contributed by atoms with Crippen LogP contribution in [0.1, 0.15) is 16.0 Å². The van der Waals surface area contributed by atoms with Crippen molar-refractivity contribution in [2.75, 3.05) is 0 Å². The van der Waals surface area contributed by atoms with Gasteiger partial charge in [-0.05, 0) is 46.4 Å². The van der Waals surface area contributed by atoms with E-state index in [1.807, 2.05) is 30.3 Å². The van der Waals surface area contributed by atoms with Crippen LogP contribution in [0, 0.1) is 0 Å². The molecule has 0 aliphatic carbocycles. The number of hydrogen-bond acceptors (Lipinski definition) is 1. The van der Waals surface area contributed by atoms with Gasteiger partial charge in [-0.15, -0.1) is 11.3 Å². The van der Waals surface area contributed by atoms with Crippen molar-refractivity contribution >= 4 is 34.6 Å². The van der Waals surface area contributed by atoms with Crippen molar-refractivity contribution < 1.29 is 0 Å². The molecular weight excluding hydrogens is 284 g/mol. The average molecular weight is 297 g/mol. The highest BCUT2D eigenvalue weighted by Crippen LogP contribution is 2.29. The smallest absolute Gasteiger partial charge is 0.0406 e. The van der Waals surface area contributed by atoms with Gasteiger partial charge in [-0.2, -0.15) is 0 Å². The molecule has 0 nitrogen and oxygen atoms in total. The second kappa shape index (κ2) is 6.08. The third-order valence-electron chi connectivity index (χ3n) is 3.05. The van der Waals surface area contributed by atoms with Gasteiger partial charge in [0.2, 0.25) is 0 Å². The summed E-state index contributed by atoms with van der Waals surface area (Å²) in [5.41, 5.74) is 3.62. The molecule has 98 valence electrons. The quantitative estimate of drug-likeness (QED) is 0.521. The van der Waals surface area contributed by atoms with Crippen LogP contribution in [0.15, 0.2) is 72.1 Å². The highest BCUT2D eigenvalue weighted by Gasteiger charge is 2.05. The minimum Gasteiger partial charge on any atom is -0.144 e. The molecule has 0 fully saturated rings. The van der Waals surface area contributed by atoms with Crippen LogP contribution in [-0.4, -0.2) is 0 Å². The van der Waals surface area contributed by atoms with Crippen molar-refractivity contribution in [3.63, 3.8) is 0 Å². The van der Waals surface area contributed by atoms with E-state index in [2.05, 4.69) is 47.9 Å². The molecule has 0 atom stereocenters. The van der Waals surface area contributed by atoms with Crippen LogP contribution in [0.2, 0.25) is 5.02 Å². The molecule has 1 heterocycles. The summed E-state index contributed by atoms with van der Waals surface area (Å²) in [7, 11) is 0. The molecular formula is C18H13ClS. The first-order valence-corrected chi connectivity index (χ1v) is 7.65. The first kappa shape index (κ1) is 13.2. The van der Waals surface area contributed by atoms with Gasteiger partial charge in [0.25, 0.3) is 0 Å². The van der Waals surface area contributed by atoms with E-state index in [9.17, 15) is 0 Å². The molecule has 0 saturated heterocycles. The summed E-state index contributed by atoms with van der Waals surface area (Å²) in [4.78, 5) is 1.27. The summed E-state index contributed by atoms with van der Waals surface area (Å²) in [6.07, 6.45) is 2.21. The van der Waals surface area contributed by atoms with E-state index in [-0.39, 0.29) is 0 Å².